The third-order valence-electron chi connectivity index (χ3n) is 3.49. The minimum absolute atomic E-state index is 0.766. The van der Waals surface area contributed by atoms with Crippen LogP contribution in [0, 0.1) is 11.8 Å². The summed E-state index contributed by atoms with van der Waals surface area (Å²) in [4.78, 5) is 0. The first kappa shape index (κ1) is 14.0. The van der Waals surface area contributed by atoms with E-state index in [4.69, 9.17) is 0 Å². The van der Waals surface area contributed by atoms with Gasteiger partial charge in [-0.1, -0.05) is 46.0 Å². The van der Waals surface area contributed by atoms with E-state index in [2.05, 4.69) is 24.5 Å². The Kier molecular flexibility index (Phi) is 7.87. The summed E-state index contributed by atoms with van der Waals surface area (Å²) in [5.74, 6) is 1.78. The van der Waals surface area contributed by atoms with Crippen LogP contribution in [0.3, 0.4) is 0 Å². The van der Waals surface area contributed by atoms with Crippen LogP contribution in [0.15, 0.2) is 0 Å². The van der Waals surface area contributed by atoms with Gasteiger partial charge in [-0.3, -0.25) is 0 Å². The van der Waals surface area contributed by atoms with E-state index in [0.29, 0.717) is 0 Å². The Morgan fingerprint density at radius 3 is 2.31 bits per heavy atom. The third-order valence-corrected chi connectivity index (χ3v) is 3.49. The van der Waals surface area contributed by atoms with Gasteiger partial charge in [0.05, 0.1) is 0 Å². The van der Waals surface area contributed by atoms with Gasteiger partial charge in [-0.05, 0) is 31.3 Å². The molecule has 2 N–H and O–H groups in total. The highest BCUT2D eigenvalue weighted by Crippen LogP contribution is 2.25. The van der Waals surface area contributed by atoms with E-state index in [1.807, 2.05) is 0 Å². The van der Waals surface area contributed by atoms with Gasteiger partial charge in [0.1, 0.15) is 0 Å². The van der Waals surface area contributed by atoms with Crippen molar-refractivity contribution in [1.82, 2.24) is 10.6 Å². The number of nitrogens with one attached hydrogen (secondary N) is 2. The molecule has 1 saturated carbocycles. The van der Waals surface area contributed by atoms with Crippen molar-refractivity contribution in [3.05, 3.63) is 0 Å². The molecule has 2 nitrogen and oxygen atoms in total. The lowest BCUT2D eigenvalue weighted by Gasteiger charge is -2.21. The molecule has 0 amide bonds. The van der Waals surface area contributed by atoms with Gasteiger partial charge in [0.2, 0.25) is 0 Å². The topological polar surface area (TPSA) is 24.1 Å². The Labute approximate surface area is 102 Å². The molecule has 0 aliphatic heterocycles. The SMILES string of the molecule is CC(C)CNCCNCCC1CCCCC1. The van der Waals surface area contributed by atoms with Gasteiger partial charge >= 0.3 is 0 Å². The molecule has 16 heavy (non-hydrogen) atoms. The van der Waals surface area contributed by atoms with Crippen molar-refractivity contribution < 1.29 is 0 Å². The fourth-order valence-electron chi connectivity index (χ4n) is 2.47. The van der Waals surface area contributed by atoms with Gasteiger partial charge in [0.25, 0.3) is 0 Å². The molecule has 0 aromatic rings. The van der Waals surface area contributed by atoms with Gasteiger partial charge in [0.15, 0.2) is 0 Å². The largest absolute Gasteiger partial charge is 0.315 e. The summed E-state index contributed by atoms with van der Waals surface area (Å²) in [5.41, 5.74) is 0. The summed E-state index contributed by atoms with van der Waals surface area (Å²) in [6.45, 7) is 9.10. The Hall–Kier alpha value is -0.0800. The van der Waals surface area contributed by atoms with Gasteiger partial charge in [-0.2, -0.15) is 0 Å². The van der Waals surface area contributed by atoms with E-state index in [1.165, 1.54) is 45.1 Å². The molecule has 0 heterocycles. The van der Waals surface area contributed by atoms with Crippen molar-refractivity contribution in [2.24, 2.45) is 11.8 Å². The smallest absolute Gasteiger partial charge is 0.00768 e. The van der Waals surface area contributed by atoms with E-state index in [-0.39, 0.29) is 0 Å². The molecule has 0 bridgehead atoms. The molecule has 0 unspecified atom stereocenters. The zero-order valence-electron chi connectivity index (χ0n) is 11.2. The minimum atomic E-state index is 0.766. The zero-order chi connectivity index (χ0) is 11.6. The first-order chi connectivity index (χ1) is 7.79. The van der Waals surface area contributed by atoms with Crippen LogP contribution in [0.2, 0.25) is 0 Å². The average molecular weight is 226 g/mol. The predicted octanol–water partition coefficient (Wildman–Crippen LogP) is 2.79. The molecule has 96 valence electrons. The summed E-state index contributed by atoms with van der Waals surface area (Å²) in [5, 5.41) is 7.00. The number of rotatable bonds is 8. The van der Waals surface area contributed by atoms with Crippen LogP contribution in [-0.4, -0.2) is 26.2 Å². The molecular formula is C14H30N2. The standard InChI is InChI=1S/C14H30N2/c1-13(2)12-16-11-10-15-9-8-14-6-4-3-5-7-14/h13-16H,3-12H2,1-2H3. The lowest BCUT2D eigenvalue weighted by atomic mass is 9.87. The molecular weight excluding hydrogens is 196 g/mol. The van der Waals surface area contributed by atoms with Crippen molar-refractivity contribution in [2.75, 3.05) is 26.2 Å². The summed E-state index contributed by atoms with van der Waals surface area (Å²) in [7, 11) is 0. The minimum Gasteiger partial charge on any atom is -0.315 e. The van der Waals surface area contributed by atoms with Crippen molar-refractivity contribution in [3.8, 4) is 0 Å². The highest BCUT2D eigenvalue weighted by atomic mass is 14.9. The highest BCUT2D eigenvalue weighted by Gasteiger charge is 2.12. The molecule has 1 fully saturated rings. The maximum absolute atomic E-state index is 3.54. The molecule has 1 aliphatic rings. The van der Waals surface area contributed by atoms with Crippen molar-refractivity contribution in [3.63, 3.8) is 0 Å². The van der Waals surface area contributed by atoms with Crippen molar-refractivity contribution in [2.45, 2.75) is 52.4 Å². The molecule has 0 radical (unpaired) electrons. The van der Waals surface area contributed by atoms with E-state index in [9.17, 15) is 0 Å². The number of hydrogen-bond donors (Lipinski definition) is 2. The second-order valence-electron chi connectivity index (χ2n) is 5.64. The lowest BCUT2D eigenvalue weighted by Crippen LogP contribution is -2.30. The summed E-state index contributed by atoms with van der Waals surface area (Å²) >= 11 is 0. The zero-order valence-corrected chi connectivity index (χ0v) is 11.2. The van der Waals surface area contributed by atoms with Gasteiger partial charge in [0, 0.05) is 13.1 Å². The predicted molar refractivity (Wildman–Crippen MR) is 71.8 cm³/mol. The van der Waals surface area contributed by atoms with Gasteiger partial charge in [-0.15, -0.1) is 0 Å². The van der Waals surface area contributed by atoms with Crippen LogP contribution in [-0.2, 0) is 0 Å². The van der Waals surface area contributed by atoms with Crippen LogP contribution in [0.1, 0.15) is 52.4 Å². The maximum atomic E-state index is 3.54. The summed E-state index contributed by atoms with van der Waals surface area (Å²) in [6, 6.07) is 0. The van der Waals surface area contributed by atoms with Crippen molar-refractivity contribution >= 4 is 0 Å². The first-order valence-corrected chi connectivity index (χ1v) is 7.20. The van der Waals surface area contributed by atoms with Crippen LogP contribution < -0.4 is 10.6 Å². The fourth-order valence-corrected chi connectivity index (χ4v) is 2.47. The van der Waals surface area contributed by atoms with E-state index >= 15 is 0 Å². The second-order valence-corrected chi connectivity index (χ2v) is 5.64. The molecule has 0 aromatic carbocycles. The van der Waals surface area contributed by atoms with E-state index in [0.717, 1.165) is 31.5 Å². The maximum Gasteiger partial charge on any atom is 0.00768 e. The molecule has 0 atom stereocenters. The normalized spacial score (nSPS) is 18.2. The van der Waals surface area contributed by atoms with E-state index < -0.39 is 0 Å². The highest BCUT2D eigenvalue weighted by molar-refractivity contribution is 4.67. The van der Waals surface area contributed by atoms with Crippen LogP contribution in [0.5, 0.6) is 0 Å². The van der Waals surface area contributed by atoms with Gasteiger partial charge < -0.3 is 10.6 Å². The van der Waals surface area contributed by atoms with E-state index in [1.54, 1.807) is 0 Å². The quantitative estimate of drug-likeness (QED) is 0.622. The Bertz CT molecular complexity index is 151. The monoisotopic (exact) mass is 226 g/mol. The molecule has 2 heteroatoms. The Morgan fingerprint density at radius 1 is 0.938 bits per heavy atom. The molecule has 1 rings (SSSR count). The van der Waals surface area contributed by atoms with Crippen LogP contribution >= 0.6 is 0 Å². The van der Waals surface area contributed by atoms with Crippen molar-refractivity contribution in [1.29, 1.82) is 0 Å². The molecule has 1 aliphatic carbocycles. The lowest BCUT2D eigenvalue weighted by molar-refractivity contribution is 0.334. The van der Waals surface area contributed by atoms with Crippen LogP contribution in [0.25, 0.3) is 0 Å². The van der Waals surface area contributed by atoms with Gasteiger partial charge in [-0.25, -0.2) is 0 Å². The molecule has 0 spiro atoms. The Morgan fingerprint density at radius 2 is 1.62 bits per heavy atom. The molecule has 0 saturated heterocycles. The average Bonchev–Trinajstić information content (AvgIpc) is 2.29. The first-order valence-electron chi connectivity index (χ1n) is 7.20. The second kappa shape index (κ2) is 9.00. The fraction of sp³-hybridized carbons (Fsp3) is 1.00. The number of hydrogen-bond acceptors (Lipinski definition) is 2. The Balaban J connectivity index is 1.80. The third kappa shape index (κ3) is 7.24. The summed E-state index contributed by atoms with van der Waals surface area (Å²) < 4.78 is 0. The molecule has 0 aromatic heterocycles. The van der Waals surface area contributed by atoms with Crippen LogP contribution in [0.4, 0.5) is 0 Å². The summed E-state index contributed by atoms with van der Waals surface area (Å²) in [6.07, 6.45) is 8.77.